The number of nitriles is 1. The number of nitrogens with zero attached hydrogens (tertiary/aromatic N) is 5. The minimum absolute atomic E-state index is 0.0525. The first kappa shape index (κ1) is 23.3. The number of hydrogen-bond acceptors (Lipinski definition) is 7. The normalized spacial score (nSPS) is 17.3. The molecule has 0 aliphatic carbocycles. The van der Waals surface area contributed by atoms with Crippen molar-refractivity contribution in [1.29, 1.82) is 5.26 Å². The highest BCUT2D eigenvalue weighted by Gasteiger charge is 2.32. The van der Waals surface area contributed by atoms with Crippen LogP contribution >= 0.6 is 0 Å². The molecule has 2 aromatic heterocycles. The van der Waals surface area contributed by atoms with E-state index in [1.165, 1.54) is 18.2 Å². The van der Waals surface area contributed by atoms with E-state index in [4.69, 9.17) is 4.74 Å². The summed E-state index contributed by atoms with van der Waals surface area (Å²) in [5, 5.41) is 19.9. The summed E-state index contributed by atoms with van der Waals surface area (Å²) in [6, 6.07) is 12.3. The molecule has 2 N–H and O–H groups in total. The summed E-state index contributed by atoms with van der Waals surface area (Å²) in [5.74, 6) is -0.786. The third-order valence-electron chi connectivity index (χ3n) is 7.03. The molecule has 10 heteroatoms. The third kappa shape index (κ3) is 3.97. The quantitative estimate of drug-likeness (QED) is 0.441. The molecule has 4 aromatic rings. The summed E-state index contributed by atoms with van der Waals surface area (Å²) in [5.41, 5.74) is 3.35. The lowest BCUT2D eigenvalue weighted by Gasteiger charge is -2.44. The Morgan fingerprint density at radius 3 is 2.73 bits per heavy atom. The van der Waals surface area contributed by atoms with Crippen molar-refractivity contribution in [2.45, 2.75) is 12.6 Å². The fourth-order valence-electron chi connectivity index (χ4n) is 5.25. The molecule has 2 aliphatic heterocycles. The van der Waals surface area contributed by atoms with Crippen LogP contribution in [0.25, 0.3) is 33.5 Å². The fraction of sp³-hybridized carbons (Fsp3) is 0.296. The first-order valence-electron chi connectivity index (χ1n) is 12.1. The van der Waals surface area contributed by atoms with Gasteiger partial charge in [-0.05, 0) is 50.0 Å². The molecule has 1 atom stereocenters. The molecular formula is C27H25F2N7O. The number of anilines is 1. The molecule has 0 bridgehead atoms. The zero-order valence-corrected chi connectivity index (χ0v) is 20.5. The number of aromatic amines is 1. The Balaban J connectivity index is 1.44. The summed E-state index contributed by atoms with van der Waals surface area (Å²) in [6.07, 6.45) is 0. The molecular weight excluding hydrogens is 476 g/mol. The number of hydrogen-bond donors (Lipinski definition) is 2. The number of likely N-dealkylation sites (N-methyl/N-ethyl adjacent to an activating group) is 1. The summed E-state index contributed by atoms with van der Waals surface area (Å²) < 4.78 is 36.2. The summed E-state index contributed by atoms with van der Waals surface area (Å²) in [7, 11) is 3.81. The molecule has 37 heavy (non-hydrogen) atoms. The van der Waals surface area contributed by atoms with Crippen molar-refractivity contribution < 1.29 is 13.5 Å². The molecule has 0 radical (unpaired) electrons. The predicted molar refractivity (Wildman–Crippen MR) is 136 cm³/mol. The Kier molecular flexibility index (Phi) is 5.74. The van der Waals surface area contributed by atoms with Gasteiger partial charge in [0.15, 0.2) is 0 Å². The van der Waals surface area contributed by atoms with Gasteiger partial charge in [-0.3, -0.25) is 5.10 Å². The number of nitrogens with one attached hydrogen (secondary N) is 2. The Hall–Kier alpha value is -4.07. The lowest BCUT2D eigenvalue weighted by Crippen LogP contribution is -2.56. The summed E-state index contributed by atoms with van der Waals surface area (Å²) in [6.45, 7) is 3.76. The fourth-order valence-corrected chi connectivity index (χ4v) is 5.25. The van der Waals surface area contributed by atoms with Crippen LogP contribution in [0.5, 0.6) is 5.75 Å². The number of benzene rings is 2. The van der Waals surface area contributed by atoms with Crippen LogP contribution in [-0.2, 0) is 6.54 Å². The van der Waals surface area contributed by atoms with Crippen LogP contribution in [0.15, 0.2) is 36.4 Å². The highest BCUT2D eigenvalue weighted by atomic mass is 19.1. The number of halogens is 2. The first-order valence-corrected chi connectivity index (χ1v) is 12.1. The molecule has 0 saturated carbocycles. The third-order valence-corrected chi connectivity index (χ3v) is 7.03. The Bertz CT molecular complexity index is 1540. The molecule has 2 aromatic carbocycles. The van der Waals surface area contributed by atoms with Gasteiger partial charge in [-0.2, -0.15) is 10.4 Å². The van der Waals surface area contributed by atoms with E-state index in [9.17, 15) is 5.26 Å². The van der Waals surface area contributed by atoms with Gasteiger partial charge in [0.25, 0.3) is 0 Å². The van der Waals surface area contributed by atoms with E-state index in [-0.39, 0.29) is 16.8 Å². The molecule has 8 nitrogen and oxygen atoms in total. The van der Waals surface area contributed by atoms with Crippen molar-refractivity contribution in [2.24, 2.45) is 0 Å². The van der Waals surface area contributed by atoms with Crippen LogP contribution in [0.3, 0.4) is 0 Å². The average Bonchev–Trinajstić information content (AvgIpc) is 3.30. The second-order valence-corrected chi connectivity index (χ2v) is 9.53. The van der Waals surface area contributed by atoms with Gasteiger partial charge in [-0.25, -0.2) is 13.8 Å². The van der Waals surface area contributed by atoms with Crippen molar-refractivity contribution in [2.75, 3.05) is 45.2 Å². The molecule has 0 amide bonds. The predicted octanol–water partition coefficient (Wildman–Crippen LogP) is 3.67. The molecule has 0 spiro atoms. The Morgan fingerprint density at radius 2 is 1.97 bits per heavy atom. The second kappa shape index (κ2) is 9.10. The van der Waals surface area contributed by atoms with E-state index >= 15 is 8.78 Å². The molecule has 188 valence electrons. The van der Waals surface area contributed by atoms with E-state index < -0.39 is 11.6 Å². The van der Waals surface area contributed by atoms with E-state index in [0.717, 1.165) is 36.6 Å². The zero-order valence-electron chi connectivity index (χ0n) is 20.5. The van der Waals surface area contributed by atoms with E-state index in [0.29, 0.717) is 41.5 Å². The van der Waals surface area contributed by atoms with Gasteiger partial charge in [0.05, 0.1) is 34.1 Å². The smallest absolute Gasteiger partial charge is 0.143 e. The highest BCUT2D eigenvalue weighted by Crippen LogP contribution is 2.40. The van der Waals surface area contributed by atoms with Gasteiger partial charge in [0, 0.05) is 31.7 Å². The summed E-state index contributed by atoms with van der Waals surface area (Å²) >= 11 is 0. The van der Waals surface area contributed by atoms with E-state index in [2.05, 4.69) is 37.3 Å². The van der Waals surface area contributed by atoms with Crippen molar-refractivity contribution in [3.05, 3.63) is 59.2 Å². The second-order valence-electron chi connectivity index (χ2n) is 9.53. The Labute approximate surface area is 212 Å². The minimum Gasteiger partial charge on any atom is -0.489 e. The molecule has 2 aliphatic rings. The highest BCUT2D eigenvalue weighted by molar-refractivity contribution is 5.93. The van der Waals surface area contributed by atoms with Crippen molar-refractivity contribution in [3.63, 3.8) is 0 Å². The van der Waals surface area contributed by atoms with Gasteiger partial charge in [0.1, 0.15) is 41.3 Å². The minimum atomic E-state index is -0.775. The number of ether oxygens (including phenoxy) is 1. The van der Waals surface area contributed by atoms with Gasteiger partial charge in [0.2, 0.25) is 0 Å². The standard InChI is InChI=1S/C27H25F2N7O/c1-31-12-15-7-19(28)24(20(29)8-15)25-17(11-30)9-21-27(32-25)26(34-33-21)16-3-4-22-23(10-16)37-14-18-13-35(2)5-6-36(18)22/h3-4,7-10,18,31H,5-6,12-14H2,1-2H3,(H,33,34). The van der Waals surface area contributed by atoms with Crippen LogP contribution in [0.2, 0.25) is 0 Å². The Morgan fingerprint density at radius 1 is 1.16 bits per heavy atom. The zero-order chi connectivity index (χ0) is 25.7. The lowest BCUT2D eigenvalue weighted by molar-refractivity contribution is 0.188. The topological polar surface area (TPSA) is 93.1 Å². The van der Waals surface area contributed by atoms with Crippen LogP contribution in [-0.4, -0.2) is 66.5 Å². The molecule has 6 rings (SSSR count). The van der Waals surface area contributed by atoms with Crippen molar-refractivity contribution in [1.82, 2.24) is 25.4 Å². The maximum absolute atomic E-state index is 15.1. The van der Waals surface area contributed by atoms with Gasteiger partial charge < -0.3 is 19.9 Å². The maximum Gasteiger partial charge on any atom is 0.143 e. The summed E-state index contributed by atoms with van der Waals surface area (Å²) in [4.78, 5) is 9.25. The molecule has 1 unspecified atom stereocenters. The number of fused-ring (bicyclic) bond motifs is 4. The molecule has 4 heterocycles. The van der Waals surface area contributed by atoms with Gasteiger partial charge >= 0.3 is 0 Å². The van der Waals surface area contributed by atoms with Gasteiger partial charge in [-0.15, -0.1) is 0 Å². The molecule has 1 saturated heterocycles. The van der Waals surface area contributed by atoms with Gasteiger partial charge in [-0.1, -0.05) is 6.07 Å². The first-order chi connectivity index (χ1) is 18.0. The monoisotopic (exact) mass is 501 g/mol. The van der Waals surface area contributed by atoms with Crippen LogP contribution in [0, 0.1) is 23.0 Å². The largest absolute Gasteiger partial charge is 0.489 e. The van der Waals surface area contributed by atoms with E-state index in [1.807, 2.05) is 24.3 Å². The number of piperazine rings is 1. The van der Waals surface area contributed by atoms with Crippen molar-refractivity contribution in [3.8, 4) is 34.3 Å². The number of aromatic nitrogens is 3. The SMILES string of the molecule is CNCc1cc(F)c(-c2nc3c(-c4ccc5c(c4)OCC4CN(C)CCN54)n[nH]c3cc2C#N)c(F)c1. The van der Waals surface area contributed by atoms with E-state index in [1.54, 1.807) is 7.05 Å². The molecule has 1 fully saturated rings. The van der Waals surface area contributed by atoms with Crippen LogP contribution < -0.4 is 15.0 Å². The lowest BCUT2D eigenvalue weighted by atomic mass is 10.0. The number of pyridine rings is 1. The van der Waals surface area contributed by atoms with Crippen LogP contribution in [0.4, 0.5) is 14.5 Å². The average molecular weight is 502 g/mol. The van der Waals surface area contributed by atoms with Crippen molar-refractivity contribution >= 4 is 16.7 Å². The number of H-pyrrole nitrogens is 1. The number of rotatable bonds is 4. The maximum atomic E-state index is 15.1. The van der Waals surface area contributed by atoms with Crippen LogP contribution in [0.1, 0.15) is 11.1 Å².